The van der Waals surface area contributed by atoms with Gasteiger partial charge in [0, 0.05) is 11.6 Å². The summed E-state index contributed by atoms with van der Waals surface area (Å²) in [6.45, 7) is 0. The van der Waals surface area contributed by atoms with Crippen molar-refractivity contribution in [2.75, 3.05) is 5.43 Å². The molecule has 0 heterocycles. The zero-order valence-electron chi connectivity index (χ0n) is 11.4. The van der Waals surface area contributed by atoms with Gasteiger partial charge in [-0.15, -0.1) is 0 Å². The maximum Gasteiger partial charge on any atom is 0.294 e. The van der Waals surface area contributed by atoms with Crippen LogP contribution in [0.1, 0.15) is 11.1 Å². The molecule has 2 aromatic carbocycles. The summed E-state index contributed by atoms with van der Waals surface area (Å²) in [5.41, 5.74) is 4.57. The van der Waals surface area contributed by atoms with E-state index in [0.29, 0.717) is 5.56 Å². The summed E-state index contributed by atoms with van der Waals surface area (Å²) < 4.78 is 0. The van der Waals surface area contributed by atoms with E-state index in [1.165, 1.54) is 18.2 Å². The van der Waals surface area contributed by atoms with E-state index in [2.05, 4.69) is 10.5 Å². The number of hydrogen-bond donors (Lipinski definition) is 1. The predicted molar refractivity (Wildman–Crippen MR) is 83.7 cm³/mol. The van der Waals surface area contributed by atoms with E-state index >= 15 is 0 Å². The van der Waals surface area contributed by atoms with E-state index in [0.717, 1.165) is 5.56 Å². The normalized spacial score (nSPS) is 14.7. The molecule has 2 aromatic rings. The lowest BCUT2D eigenvalue weighted by molar-refractivity contribution is -0.384. The van der Waals surface area contributed by atoms with E-state index < -0.39 is 4.92 Å². The number of nitrogens with one attached hydrogen (secondary N) is 1. The van der Waals surface area contributed by atoms with Gasteiger partial charge in [0.25, 0.3) is 5.69 Å². The minimum atomic E-state index is -0.501. The number of nitro groups is 1. The standard InChI is InChI=1S/C16H11N3O3/c20-15-10-9-11-5-1-2-6-12(11)16(15)18-17-13-7-3-4-8-14(13)19(21)22/h1-10,17H. The molecule has 1 N–H and O–H groups in total. The molecule has 1 aliphatic carbocycles. The summed E-state index contributed by atoms with van der Waals surface area (Å²) >= 11 is 0. The number of nitro benzene ring substituents is 1. The highest BCUT2D eigenvalue weighted by Crippen LogP contribution is 2.24. The van der Waals surface area contributed by atoms with Crippen molar-refractivity contribution in [3.05, 3.63) is 75.8 Å². The van der Waals surface area contributed by atoms with Crippen LogP contribution in [0.4, 0.5) is 11.4 Å². The number of hydrazone groups is 1. The average Bonchev–Trinajstić information content (AvgIpc) is 2.54. The zero-order chi connectivity index (χ0) is 15.5. The summed E-state index contributed by atoms with van der Waals surface area (Å²) in [5.74, 6) is -0.246. The topological polar surface area (TPSA) is 84.6 Å². The molecule has 0 radical (unpaired) electrons. The first kappa shape index (κ1) is 13.7. The van der Waals surface area contributed by atoms with E-state index in [-0.39, 0.29) is 22.9 Å². The lowest BCUT2D eigenvalue weighted by Gasteiger charge is -2.12. The molecule has 3 rings (SSSR count). The summed E-state index contributed by atoms with van der Waals surface area (Å²) in [6.07, 6.45) is 3.16. The quantitative estimate of drug-likeness (QED) is 0.696. The Labute approximate surface area is 125 Å². The molecule has 6 heteroatoms. The van der Waals surface area contributed by atoms with Gasteiger partial charge in [0.1, 0.15) is 11.4 Å². The minimum Gasteiger partial charge on any atom is -0.287 e. The molecule has 0 atom stereocenters. The van der Waals surface area contributed by atoms with Crippen molar-refractivity contribution in [1.82, 2.24) is 0 Å². The van der Waals surface area contributed by atoms with Gasteiger partial charge in [0.05, 0.1) is 4.92 Å². The van der Waals surface area contributed by atoms with E-state index in [9.17, 15) is 14.9 Å². The van der Waals surface area contributed by atoms with Gasteiger partial charge in [-0.05, 0) is 17.7 Å². The molecule has 0 amide bonds. The van der Waals surface area contributed by atoms with Crippen molar-refractivity contribution in [2.24, 2.45) is 5.10 Å². The lowest BCUT2D eigenvalue weighted by atomic mass is 9.95. The van der Waals surface area contributed by atoms with Gasteiger partial charge < -0.3 is 0 Å². The fourth-order valence-electron chi connectivity index (χ4n) is 2.19. The Morgan fingerprint density at radius 3 is 2.55 bits per heavy atom. The molecule has 0 aromatic heterocycles. The van der Waals surface area contributed by atoms with Crippen LogP contribution in [-0.2, 0) is 4.79 Å². The first-order valence-electron chi connectivity index (χ1n) is 6.56. The summed E-state index contributed by atoms with van der Waals surface area (Å²) in [6, 6.07) is 13.5. The number of nitrogens with zero attached hydrogens (tertiary/aromatic N) is 2. The van der Waals surface area contributed by atoms with Crippen LogP contribution in [0.5, 0.6) is 0 Å². The number of fused-ring (bicyclic) bond motifs is 1. The third kappa shape index (κ3) is 2.49. The third-order valence-electron chi connectivity index (χ3n) is 3.25. The molecule has 22 heavy (non-hydrogen) atoms. The molecule has 0 aliphatic heterocycles. The van der Waals surface area contributed by atoms with Crippen LogP contribution in [-0.4, -0.2) is 16.4 Å². The molecule has 108 valence electrons. The minimum absolute atomic E-state index is 0.0982. The Bertz CT molecular complexity index is 825. The van der Waals surface area contributed by atoms with Crippen molar-refractivity contribution < 1.29 is 9.72 Å². The highest BCUT2D eigenvalue weighted by Gasteiger charge is 2.19. The van der Waals surface area contributed by atoms with E-state index in [1.54, 1.807) is 24.3 Å². The lowest BCUT2D eigenvalue weighted by Crippen LogP contribution is -2.19. The summed E-state index contributed by atoms with van der Waals surface area (Å²) in [4.78, 5) is 22.5. The highest BCUT2D eigenvalue weighted by molar-refractivity contribution is 6.52. The fourth-order valence-corrected chi connectivity index (χ4v) is 2.19. The number of hydrogen-bond acceptors (Lipinski definition) is 5. The van der Waals surface area contributed by atoms with Crippen molar-refractivity contribution in [3.63, 3.8) is 0 Å². The van der Waals surface area contributed by atoms with Crippen LogP contribution in [0, 0.1) is 10.1 Å². The molecule has 0 bridgehead atoms. The molecule has 0 saturated carbocycles. The van der Waals surface area contributed by atoms with Gasteiger partial charge in [-0.2, -0.15) is 5.10 Å². The van der Waals surface area contributed by atoms with Gasteiger partial charge in [0.15, 0.2) is 0 Å². The van der Waals surface area contributed by atoms with E-state index in [1.807, 2.05) is 18.2 Å². The van der Waals surface area contributed by atoms with Gasteiger partial charge in [-0.3, -0.25) is 20.3 Å². The molecule has 1 aliphatic rings. The Morgan fingerprint density at radius 2 is 1.73 bits per heavy atom. The first-order chi connectivity index (χ1) is 10.7. The Kier molecular flexibility index (Phi) is 3.49. The smallest absolute Gasteiger partial charge is 0.287 e. The molecule has 6 nitrogen and oxygen atoms in total. The maximum absolute atomic E-state index is 12.0. The van der Waals surface area contributed by atoms with Crippen molar-refractivity contribution >= 4 is 28.9 Å². The number of ketones is 1. The maximum atomic E-state index is 12.0. The number of benzene rings is 2. The van der Waals surface area contributed by atoms with E-state index in [4.69, 9.17) is 0 Å². The van der Waals surface area contributed by atoms with Gasteiger partial charge in [-0.1, -0.05) is 42.5 Å². The number of allylic oxidation sites excluding steroid dienone is 1. The SMILES string of the molecule is O=C1C=Cc2ccccc2C1=NNc1ccccc1[N+](=O)[O-]. The van der Waals surface area contributed by atoms with Crippen LogP contribution in [0.25, 0.3) is 6.08 Å². The molecule has 0 spiro atoms. The summed E-state index contributed by atoms with van der Waals surface area (Å²) in [5, 5.41) is 15.1. The fraction of sp³-hybridized carbons (Fsp3) is 0. The molecule has 0 saturated heterocycles. The Morgan fingerprint density at radius 1 is 1.00 bits per heavy atom. The Balaban J connectivity index is 1.98. The van der Waals surface area contributed by atoms with Crippen LogP contribution >= 0.6 is 0 Å². The Hall–Kier alpha value is -3.28. The average molecular weight is 293 g/mol. The molecular formula is C16H11N3O3. The second kappa shape index (κ2) is 5.61. The van der Waals surface area contributed by atoms with Crippen LogP contribution < -0.4 is 5.43 Å². The van der Waals surface area contributed by atoms with Crippen molar-refractivity contribution in [1.29, 1.82) is 0 Å². The van der Waals surface area contributed by atoms with Crippen LogP contribution in [0.2, 0.25) is 0 Å². The predicted octanol–water partition coefficient (Wildman–Crippen LogP) is 3.01. The van der Waals surface area contributed by atoms with Crippen LogP contribution in [0.15, 0.2) is 59.7 Å². The molecule has 0 fully saturated rings. The summed E-state index contributed by atoms with van der Waals surface area (Å²) in [7, 11) is 0. The van der Waals surface area contributed by atoms with Gasteiger partial charge in [-0.25, -0.2) is 0 Å². The van der Waals surface area contributed by atoms with Crippen molar-refractivity contribution in [2.45, 2.75) is 0 Å². The third-order valence-corrected chi connectivity index (χ3v) is 3.25. The number of para-hydroxylation sites is 2. The van der Waals surface area contributed by atoms with Gasteiger partial charge >= 0.3 is 0 Å². The number of carbonyl (C=O) groups excluding carboxylic acids is 1. The second-order valence-electron chi connectivity index (χ2n) is 4.63. The highest BCUT2D eigenvalue weighted by atomic mass is 16.6. The molecular weight excluding hydrogens is 282 g/mol. The van der Waals surface area contributed by atoms with Crippen LogP contribution in [0.3, 0.4) is 0 Å². The largest absolute Gasteiger partial charge is 0.294 e. The van der Waals surface area contributed by atoms with Gasteiger partial charge in [0.2, 0.25) is 5.78 Å². The second-order valence-corrected chi connectivity index (χ2v) is 4.63. The number of carbonyl (C=O) groups is 1. The molecule has 0 unspecified atom stereocenters. The number of rotatable bonds is 3. The van der Waals surface area contributed by atoms with Crippen molar-refractivity contribution in [3.8, 4) is 0 Å². The number of anilines is 1. The zero-order valence-corrected chi connectivity index (χ0v) is 11.4. The monoisotopic (exact) mass is 293 g/mol. The first-order valence-corrected chi connectivity index (χ1v) is 6.56.